The Kier molecular flexibility index (Phi) is 4.38. The minimum absolute atomic E-state index is 0.0559. The van der Waals surface area contributed by atoms with Crippen LogP contribution in [0.25, 0.3) is 0 Å². The Balaban J connectivity index is 2.12. The Hall–Kier alpha value is -0.780. The summed E-state index contributed by atoms with van der Waals surface area (Å²) in [6.45, 7) is 1.07. The summed E-state index contributed by atoms with van der Waals surface area (Å²) < 4.78 is 37.3. The topological polar surface area (TPSA) is 26.3 Å². The number of alkyl halides is 3. The summed E-state index contributed by atoms with van der Waals surface area (Å²) in [6, 6.07) is 0.0559. The van der Waals surface area contributed by atoms with Gasteiger partial charge in [-0.2, -0.15) is 13.2 Å². The summed E-state index contributed by atoms with van der Waals surface area (Å²) in [5.41, 5.74) is 0. The molecule has 0 N–H and O–H groups in total. The first-order valence-corrected chi connectivity index (χ1v) is 7.11. The second kappa shape index (κ2) is 5.69. The van der Waals surface area contributed by atoms with Crippen LogP contribution >= 0.6 is 0 Å². The van der Waals surface area contributed by atoms with E-state index in [4.69, 9.17) is 4.84 Å². The van der Waals surface area contributed by atoms with Crippen LogP contribution in [0.4, 0.5) is 13.2 Å². The Bertz CT molecular complexity index is 318. The largest absolute Gasteiger partial charge is 0.497 e. The van der Waals surface area contributed by atoms with Crippen molar-refractivity contribution in [2.24, 2.45) is 0 Å². The van der Waals surface area contributed by atoms with E-state index >= 15 is 0 Å². The van der Waals surface area contributed by atoms with Gasteiger partial charge >= 0.3 is 12.1 Å². The fourth-order valence-electron chi connectivity index (χ4n) is 3.35. The fourth-order valence-corrected chi connectivity index (χ4v) is 3.35. The number of quaternary nitrogens is 1. The molecule has 0 spiro atoms. The van der Waals surface area contributed by atoms with E-state index in [1.54, 1.807) is 0 Å². The smallest absolute Gasteiger partial charge is 0.266 e. The Morgan fingerprint density at radius 1 is 0.947 bits per heavy atom. The number of piperidine rings is 1. The molecule has 0 aromatic rings. The molecule has 0 amide bonds. The van der Waals surface area contributed by atoms with E-state index in [0.29, 0.717) is 13.1 Å². The SMILES string of the molecule is O=C(O[N+]1(C2CCCCC2)CCCCC1)C(F)(F)F. The second-order valence-corrected chi connectivity index (χ2v) is 5.63. The zero-order valence-corrected chi connectivity index (χ0v) is 11.0. The molecule has 0 aromatic carbocycles. The van der Waals surface area contributed by atoms with Crippen molar-refractivity contribution >= 4 is 5.97 Å². The number of hydrogen-bond donors (Lipinski definition) is 0. The Morgan fingerprint density at radius 2 is 1.47 bits per heavy atom. The van der Waals surface area contributed by atoms with Gasteiger partial charge in [0.15, 0.2) is 0 Å². The molecule has 1 aliphatic heterocycles. The van der Waals surface area contributed by atoms with E-state index in [2.05, 4.69) is 0 Å². The van der Waals surface area contributed by atoms with Crippen molar-refractivity contribution in [2.45, 2.75) is 63.6 Å². The maximum Gasteiger partial charge on any atom is 0.497 e. The van der Waals surface area contributed by atoms with Gasteiger partial charge in [0.25, 0.3) is 0 Å². The molecule has 1 heterocycles. The Morgan fingerprint density at radius 3 is 2.00 bits per heavy atom. The molecule has 0 bridgehead atoms. The van der Waals surface area contributed by atoms with Crippen molar-refractivity contribution in [2.75, 3.05) is 13.1 Å². The van der Waals surface area contributed by atoms with E-state index in [1.807, 2.05) is 0 Å². The lowest BCUT2D eigenvalue weighted by Crippen LogP contribution is -2.60. The molecular weight excluding hydrogens is 259 g/mol. The number of rotatable bonds is 2. The van der Waals surface area contributed by atoms with Gasteiger partial charge in [-0.05, 0) is 19.3 Å². The van der Waals surface area contributed by atoms with Crippen LogP contribution in [0.5, 0.6) is 0 Å². The van der Waals surface area contributed by atoms with Gasteiger partial charge in [0.1, 0.15) is 19.1 Å². The van der Waals surface area contributed by atoms with Crippen LogP contribution in [0.2, 0.25) is 0 Å². The minimum Gasteiger partial charge on any atom is -0.266 e. The van der Waals surface area contributed by atoms with Crippen molar-refractivity contribution in [1.29, 1.82) is 0 Å². The molecule has 2 rings (SSSR count). The number of halogens is 3. The van der Waals surface area contributed by atoms with Gasteiger partial charge in [-0.3, -0.25) is 4.84 Å². The summed E-state index contributed by atoms with van der Waals surface area (Å²) >= 11 is 0. The van der Waals surface area contributed by atoms with Crippen molar-refractivity contribution in [3.63, 3.8) is 0 Å². The number of carbonyl (C=O) groups is 1. The summed E-state index contributed by atoms with van der Waals surface area (Å²) in [7, 11) is 0. The monoisotopic (exact) mass is 280 g/mol. The van der Waals surface area contributed by atoms with Gasteiger partial charge in [-0.1, -0.05) is 6.42 Å². The highest BCUT2D eigenvalue weighted by Crippen LogP contribution is 2.34. The van der Waals surface area contributed by atoms with Crippen LogP contribution in [0.15, 0.2) is 0 Å². The maximum absolute atomic E-state index is 12.5. The third-order valence-electron chi connectivity index (χ3n) is 4.31. The van der Waals surface area contributed by atoms with Crippen LogP contribution < -0.4 is 0 Å². The van der Waals surface area contributed by atoms with Crippen molar-refractivity contribution in [3.8, 4) is 0 Å². The summed E-state index contributed by atoms with van der Waals surface area (Å²) in [5, 5.41) is 0. The molecule has 2 fully saturated rings. The molecule has 0 unspecified atom stereocenters. The second-order valence-electron chi connectivity index (χ2n) is 5.63. The molecule has 1 saturated carbocycles. The van der Waals surface area contributed by atoms with Gasteiger partial charge in [0.05, 0.1) is 0 Å². The van der Waals surface area contributed by atoms with E-state index < -0.39 is 12.1 Å². The fraction of sp³-hybridized carbons (Fsp3) is 0.923. The molecule has 0 atom stereocenters. The van der Waals surface area contributed by atoms with Crippen LogP contribution in [0.1, 0.15) is 51.4 Å². The molecule has 1 aliphatic carbocycles. The van der Waals surface area contributed by atoms with Crippen LogP contribution in [0.3, 0.4) is 0 Å². The van der Waals surface area contributed by atoms with Gasteiger partial charge in [0.2, 0.25) is 0 Å². The summed E-state index contributed by atoms with van der Waals surface area (Å²) in [4.78, 5) is 16.2. The minimum atomic E-state index is -4.89. The predicted molar refractivity (Wildman–Crippen MR) is 62.9 cm³/mol. The number of hydrogen-bond acceptors (Lipinski definition) is 2. The highest BCUT2D eigenvalue weighted by atomic mass is 19.4. The third kappa shape index (κ3) is 3.41. The first-order valence-electron chi connectivity index (χ1n) is 7.11. The lowest BCUT2D eigenvalue weighted by atomic mass is 9.92. The van der Waals surface area contributed by atoms with Crippen molar-refractivity contribution in [1.82, 2.24) is 0 Å². The lowest BCUT2D eigenvalue weighted by molar-refractivity contribution is -1.11. The van der Waals surface area contributed by atoms with Crippen LogP contribution in [0, 0.1) is 0 Å². The van der Waals surface area contributed by atoms with E-state index in [-0.39, 0.29) is 10.7 Å². The lowest BCUT2D eigenvalue weighted by Gasteiger charge is -2.44. The van der Waals surface area contributed by atoms with Crippen molar-refractivity contribution < 1.29 is 27.4 Å². The van der Waals surface area contributed by atoms with Crippen LogP contribution in [-0.4, -0.2) is 35.9 Å². The molecule has 3 nitrogen and oxygen atoms in total. The zero-order chi connectivity index (χ0) is 13.9. The summed E-state index contributed by atoms with van der Waals surface area (Å²) in [6.07, 6.45) is 2.69. The highest BCUT2D eigenvalue weighted by molar-refractivity contribution is 5.74. The zero-order valence-electron chi connectivity index (χ0n) is 11.0. The van der Waals surface area contributed by atoms with Crippen molar-refractivity contribution in [3.05, 3.63) is 0 Å². The van der Waals surface area contributed by atoms with Gasteiger partial charge < -0.3 is 0 Å². The number of likely N-dealkylation sites (tertiary alicyclic amines) is 1. The van der Waals surface area contributed by atoms with Gasteiger partial charge in [0, 0.05) is 25.7 Å². The van der Waals surface area contributed by atoms with E-state index in [1.165, 1.54) is 0 Å². The van der Waals surface area contributed by atoms with Crippen LogP contribution in [-0.2, 0) is 9.63 Å². The molecule has 6 heteroatoms. The molecule has 1 saturated heterocycles. The molecular formula is C13H21F3NO2+. The first kappa shape index (κ1) is 14.6. The molecule has 19 heavy (non-hydrogen) atoms. The average molecular weight is 280 g/mol. The molecule has 0 radical (unpaired) electrons. The highest BCUT2D eigenvalue weighted by Gasteiger charge is 2.51. The first-order chi connectivity index (χ1) is 8.94. The Labute approximate surface area is 111 Å². The molecule has 0 aromatic heterocycles. The molecule has 2 aliphatic rings. The van der Waals surface area contributed by atoms with Gasteiger partial charge in [-0.25, -0.2) is 4.79 Å². The number of hydroxylamine groups is 3. The molecule has 110 valence electrons. The van der Waals surface area contributed by atoms with Gasteiger partial charge in [-0.15, -0.1) is 4.65 Å². The summed E-state index contributed by atoms with van der Waals surface area (Å²) in [5.74, 6) is -2.03. The number of carbonyl (C=O) groups excluding carboxylic acids is 1. The standard InChI is InChI=1S/C13H21F3NO2/c14-13(15,16)12(18)19-17(9-5-2-6-10-17)11-7-3-1-4-8-11/h11H,1-10H2/q+1. The normalized spacial score (nSPS) is 25.0. The third-order valence-corrected chi connectivity index (χ3v) is 4.31. The maximum atomic E-state index is 12.5. The quantitative estimate of drug-likeness (QED) is 0.725. The van der Waals surface area contributed by atoms with E-state index in [0.717, 1.165) is 51.4 Å². The predicted octanol–water partition coefficient (Wildman–Crippen LogP) is 3.34. The number of nitrogens with zero attached hydrogens (tertiary/aromatic N) is 1. The average Bonchev–Trinajstić information content (AvgIpc) is 2.40. The van der Waals surface area contributed by atoms with E-state index in [9.17, 15) is 18.0 Å².